The Hall–Kier alpha value is -2.55. The van der Waals surface area contributed by atoms with Gasteiger partial charge in [0.1, 0.15) is 5.75 Å². The lowest BCUT2D eigenvalue weighted by Gasteiger charge is -2.26. The minimum atomic E-state index is 0.582. The van der Waals surface area contributed by atoms with Crippen LogP contribution in [0.4, 0.5) is 5.69 Å². The topological polar surface area (TPSA) is 64.4 Å². The summed E-state index contributed by atoms with van der Waals surface area (Å²) < 4.78 is 13.1. The van der Waals surface area contributed by atoms with Crippen LogP contribution in [-0.4, -0.2) is 64.9 Å². The van der Waals surface area contributed by atoms with Crippen molar-refractivity contribution in [2.75, 3.05) is 50.5 Å². The number of aromatic nitrogens is 3. The summed E-state index contributed by atoms with van der Waals surface area (Å²) in [5.41, 5.74) is 3.34. The average molecular weight is 454 g/mol. The van der Waals surface area contributed by atoms with Gasteiger partial charge in [-0.05, 0) is 50.2 Å². The number of benzene rings is 2. The van der Waals surface area contributed by atoms with Gasteiger partial charge in [0.05, 0.1) is 26.4 Å². The zero-order valence-electron chi connectivity index (χ0n) is 18.8. The Balaban J connectivity index is 1.46. The number of thioether (sulfide) groups is 1. The van der Waals surface area contributed by atoms with Crippen molar-refractivity contribution in [3.05, 3.63) is 59.9 Å². The first-order valence-electron chi connectivity index (χ1n) is 11.1. The van der Waals surface area contributed by atoms with E-state index in [-0.39, 0.29) is 0 Å². The summed E-state index contributed by atoms with van der Waals surface area (Å²) in [6.07, 6.45) is 0. The van der Waals surface area contributed by atoms with Crippen LogP contribution in [0.5, 0.6) is 5.75 Å². The molecule has 7 nitrogen and oxygen atoms in total. The van der Waals surface area contributed by atoms with Gasteiger partial charge in [0.15, 0.2) is 11.0 Å². The second kappa shape index (κ2) is 11.4. The molecule has 1 N–H and O–H groups in total. The highest BCUT2D eigenvalue weighted by Crippen LogP contribution is 2.24. The second-order valence-electron chi connectivity index (χ2n) is 7.68. The molecule has 1 fully saturated rings. The van der Waals surface area contributed by atoms with Gasteiger partial charge in [0.2, 0.25) is 0 Å². The standard InChI is InChI=1S/C24H31N5O2S/c1-3-31-22-10-6-20(7-11-22)25-18-23-26-27-24(29(23)21-8-4-19(2)5-9-21)32-17-14-28-12-15-30-16-13-28/h4-11,25H,3,12-18H2,1-2H3. The van der Waals surface area contributed by atoms with Gasteiger partial charge < -0.3 is 14.8 Å². The predicted octanol–water partition coefficient (Wildman–Crippen LogP) is 4.01. The third-order valence-corrected chi connectivity index (χ3v) is 6.26. The monoisotopic (exact) mass is 453 g/mol. The molecule has 0 amide bonds. The van der Waals surface area contributed by atoms with Crippen LogP contribution >= 0.6 is 11.8 Å². The van der Waals surface area contributed by atoms with Crippen LogP contribution in [0.1, 0.15) is 18.3 Å². The largest absolute Gasteiger partial charge is 0.494 e. The maximum Gasteiger partial charge on any atom is 0.195 e. The number of aryl methyl sites for hydroxylation is 1. The van der Waals surface area contributed by atoms with Crippen molar-refractivity contribution >= 4 is 17.4 Å². The SMILES string of the molecule is CCOc1ccc(NCc2nnc(SCCN3CCOCC3)n2-c2ccc(C)cc2)cc1. The minimum absolute atomic E-state index is 0.582. The van der Waals surface area contributed by atoms with E-state index in [1.807, 2.05) is 31.2 Å². The molecular weight excluding hydrogens is 422 g/mol. The molecule has 0 saturated carbocycles. The molecule has 32 heavy (non-hydrogen) atoms. The molecule has 1 aromatic heterocycles. The van der Waals surface area contributed by atoms with Crippen molar-refractivity contribution < 1.29 is 9.47 Å². The van der Waals surface area contributed by atoms with Crippen LogP contribution in [0.15, 0.2) is 53.7 Å². The molecular formula is C24H31N5O2S. The first-order valence-corrected chi connectivity index (χ1v) is 12.1. The number of anilines is 1. The van der Waals surface area contributed by atoms with Gasteiger partial charge in [-0.1, -0.05) is 29.5 Å². The molecule has 1 aliphatic heterocycles. The van der Waals surface area contributed by atoms with Gasteiger partial charge in [-0.3, -0.25) is 9.47 Å². The molecule has 1 aliphatic rings. The summed E-state index contributed by atoms with van der Waals surface area (Å²) in [4.78, 5) is 2.44. The number of rotatable bonds is 10. The predicted molar refractivity (Wildman–Crippen MR) is 129 cm³/mol. The number of nitrogens with one attached hydrogen (secondary N) is 1. The highest BCUT2D eigenvalue weighted by atomic mass is 32.2. The van der Waals surface area contributed by atoms with Crippen LogP contribution in [-0.2, 0) is 11.3 Å². The van der Waals surface area contributed by atoms with E-state index in [2.05, 4.69) is 56.2 Å². The fourth-order valence-corrected chi connectivity index (χ4v) is 4.54. The van der Waals surface area contributed by atoms with Crippen LogP contribution in [0, 0.1) is 6.92 Å². The Labute approximate surface area is 194 Å². The van der Waals surface area contributed by atoms with Gasteiger partial charge in [0.25, 0.3) is 0 Å². The molecule has 0 atom stereocenters. The molecule has 2 aromatic carbocycles. The first kappa shape index (κ1) is 22.6. The lowest BCUT2D eigenvalue weighted by atomic mass is 10.2. The molecule has 3 aromatic rings. The van der Waals surface area contributed by atoms with Crippen LogP contribution in [0.3, 0.4) is 0 Å². The van der Waals surface area contributed by atoms with Crippen LogP contribution < -0.4 is 10.1 Å². The number of hydrogen-bond acceptors (Lipinski definition) is 7. The molecule has 0 aliphatic carbocycles. The summed E-state index contributed by atoms with van der Waals surface area (Å²) in [5, 5.41) is 13.4. The van der Waals surface area contributed by atoms with Gasteiger partial charge >= 0.3 is 0 Å². The fourth-order valence-electron chi connectivity index (χ4n) is 3.57. The van der Waals surface area contributed by atoms with Crippen molar-refractivity contribution in [2.45, 2.75) is 25.5 Å². The summed E-state index contributed by atoms with van der Waals surface area (Å²) in [5.74, 6) is 2.73. The Morgan fingerprint density at radius 2 is 1.78 bits per heavy atom. The number of hydrogen-bond donors (Lipinski definition) is 1. The minimum Gasteiger partial charge on any atom is -0.494 e. The smallest absolute Gasteiger partial charge is 0.195 e. The summed E-state index contributed by atoms with van der Waals surface area (Å²) in [7, 11) is 0. The third kappa shape index (κ3) is 6.03. The molecule has 4 rings (SSSR count). The van der Waals surface area contributed by atoms with Crippen molar-refractivity contribution in [1.82, 2.24) is 19.7 Å². The fraction of sp³-hybridized carbons (Fsp3) is 0.417. The lowest BCUT2D eigenvalue weighted by Crippen LogP contribution is -2.37. The Morgan fingerprint density at radius 3 is 2.50 bits per heavy atom. The van der Waals surface area contributed by atoms with Crippen molar-refractivity contribution in [2.24, 2.45) is 0 Å². The lowest BCUT2D eigenvalue weighted by molar-refractivity contribution is 0.0410. The number of ether oxygens (including phenoxy) is 2. The quantitative estimate of drug-likeness (QED) is 0.465. The van der Waals surface area contributed by atoms with E-state index < -0.39 is 0 Å². The van der Waals surface area contributed by atoms with Gasteiger partial charge in [-0.2, -0.15) is 0 Å². The molecule has 0 bridgehead atoms. The Morgan fingerprint density at radius 1 is 1.03 bits per heavy atom. The molecule has 8 heteroatoms. The van der Waals surface area contributed by atoms with E-state index in [0.717, 1.165) is 66.7 Å². The summed E-state index contributed by atoms with van der Waals surface area (Å²) >= 11 is 1.75. The maximum absolute atomic E-state index is 5.53. The highest BCUT2D eigenvalue weighted by molar-refractivity contribution is 7.99. The molecule has 170 valence electrons. The van der Waals surface area contributed by atoms with Crippen molar-refractivity contribution in [3.8, 4) is 11.4 Å². The average Bonchev–Trinajstić information content (AvgIpc) is 3.23. The zero-order valence-corrected chi connectivity index (χ0v) is 19.6. The normalized spacial score (nSPS) is 14.4. The zero-order chi connectivity index (χ0) is 22.2. The molecule has 1 saturated heterocycles. The van der Waals surface area contributed by atoms with E-state index >= 15 is 0 Å². The van der Waals surface area contributed by atoms with E-state index in [4.69, 9.17) is 9.47 Å². The van der Waals surface area contributed by atoms with E-state index in [9.17, 15) is 0 Å². The molecule has 2 heterocycles. The molecule has 0 unspecified atom stereocenters. The van der Waals surface area contributed by atoms with Gasteiger partial charge in [-0.15, -0.1) is 10.2 Å². The van der Waals surface area contributed by atoms with E-state index in [1.54, 1.807) is 11.8 Å². The van der Waals surface area contributed by atoms with Gasteiger partial charge in [0, 0.05) is 36.8 Å². The first-order chi connectivity index (χ1) is 15.7. The van der Waals surface area contributed by atoms with Crippen LogP contribution in [0.25, 0.3) is 5.69 Å². The van der Waals surface area contributed by atoms with Crippen molar-refractivity contribution in [1.29, 1.82) is 0 Å². The summed E-state index contributed by atoms with van der Waals surface area (Å²) in [6.45, 7) is 10.0. The molecule has 0 radical (unpaired) electrons. The maximum atomic E-state index is 5.53. The third-order valence-electron chi connectivity index (χ3n) is 5.35. The van der Waals surface area contributed by atoms with Crippen molar-refractivity contribution in [3.63, 3.8) is 0 Å². The van der Waals surface area contributed by atoms with Crippen LogP contribution in [0.2, 0.25) is 0 Å². The van der Waals surface area contributed by atoms with Gasteiger partial charge in [-0.25, -0.2) is 0 Å². The summed E-state index contributed by atoms with van der Waals surface area (Å²) in [6, 6.07) is 16.5. The number of morpholine rings is 1. The number of nitrogens with zero attached hydrogens (tertiary/aromatic N) is 4. The van der Waals surface area contributed by atoms with E-state index in [1.165, 1.54) is 5.56 Å². The molecule has 0 spiro atoms. The highest BCUT2D eigenvalue weighted by Gasteiger charge is 2.16. The Bertz CT molecular complexity index is 969. The Kier molecular flexibility index (Phi) is 8.03. The second-order valence-corrected chi connectivity index (χ2v) is 8.75. The van der Waals surface area contributed by atoms with E-state index in [0.29, 0.717) is 13.2 Å².